The Bertz CT molecular complexity index is 136. The van der Waals surface area contributed by atoms with Gasteiger partial charge in [-0.25, -0.2) is 0 Å². The van der Waals surface area contributed by atoms with Crippen LogP contribution in [0.4, 0.5) is 13.2 Å². The third-order valence-corrected chi connectivity index (χ3v) is 1.87. The maximum atomic E-state index is 11.7. The zero-order valence-electron chi connectivity index (χ0n) is 7.77. The van der Waals surface area contributed by atoms with Crippen LogP contribution < -0.4 is 0 Å². The lowest BCUT2D eigenvalue weighted by Gasteiger charge is -2.17. The number of ether oxygens (including phenoxy) is 1. The molecule has 0 aliphatic heterocycles. The minimum atomic E-state index is -4.13. The van der Waals surface area contributed by atoms with Crippen molar-refractivity contribution in [1.29, 1.82) is 0 Å². The summed E-state index contributed by atoms with van der Waals surface area (Å²) in [6, 6.07) is 0. The molecule has 0 aromatic carbocycles. The first kappa shape index (κ1) is 12.7. The van der Waals surface area contributed by atoms with Gasteiger partial charge in [-0.15, -0.1) is 0 Å². The summed E-state index contributed by atoms with van der Waals surface area (Å²) in [6.45, 7) is 1.62. The van der Waals surface area contributed by atoms with Gasteiger partial charge in [0.1, 0.15) is 0 Å². The van der Waals surface area contributed by atoms with E-state index >= 15 is 0 Å². The molecule has 0 amide bonds. The van der Waals surface area contributed by atoms with Gasteiger partial charge in [0, 0.05) is 13.5 Å². The van der Waals surface area contributed by atoms with Crippen LogP contribution in [0.5, 0.6) is 0 Å². The molecule has 0 aromatic rings. The molecule has 0 bridgehead atoms. The molecule has 13 heavy (non-hydrogen) atoms. The maximum absolute atomic E-state index is 11.7. The zero-order valence-corrected chi connectivity index (χ0v) is 7.77. The number of aliphatic hydroxyl groups excluding tert-OH is 1. The van der Waals surface area contributed by atoms with Gasteiger partial charge in [0.15, 0.2) is 0 Å². The van der Waals surface area contributed by atoms with Gasteiger partial charge in [-0.05, 0) is 19.8 Å². The number of halogens is 3. The first-order valence-electron chi connectivity index (χ1n) is 4.14. The predicted octanol–water partition coefficient (Wildman–Crippen LogP) is 2.11. The van der Waals surface area contributed by atoms with Crippen LogP contribution in [0.25, 0.3) is 0 Å². The lowest BCUT2D eigenvalue weighted by Crippen LogP contribution is -2.25. The van der Waals surface area contributed by atoms with Gasteiger partial charge in [-0.3, -0.25) is 0 Å². The van der Waals surface area contributed by atoms with Crippen LogP contribution in [0.2, 0.25) is 0 Å². The van der Waals surface area contributed by atoms with Crippen molar-refractivity contribution in [3.63, 3.8) is 0 Å². The summed E-state index contributed by atoms with van der Waals surface area (Å²) >= 11 is 0. The van der Waals surface area contributed by atoms with Crippen molar-refractivity contribution in [2.24, 2.45) is 0 Å². The van der Waals surface area contributed by atoms with E-state index in [1.54, 1.807) is 6.92 Å². The van der Waals surface area contributed by atoms with Crippen molar-refractivity contribution < 1.29 is 23.0 Å². The second kappa shape index (κ2) is 5.44. The summed E-state index contributed by atoms with van der Waals surface area (Å²) in [6.07, 6.45) is -6.13. The minimum absolute atomic E-state index is 0.0572. The minimum Gasteiger partial charge on any atom is -0.390 e. The Morgan fingerprint density at radius 2 is 1.92 bits per heavy atom. The monoisotopic (exact) mass is 200 g/mol. The molecule has 0 aromatic heterocycles. The molecule has 0 aliphatic rings. The molecule has 0 fully saturated rings. The Labute approximate surface area is 75.7 Å². The van der Waals surface area contributed by atoms with Crippen molar-refractivity contribution >= 4 is 0 Å². The molecule has 0 aliphatic carbocycles. The van der Waals surface area contributed by atoms with Crippen LogP contribution in [0.3, 0.4) is 0 Å². The predicted molar refractivity (Wildman–Crippen MR) is 42.4 cm³/mol. The standard InChI is InChI=1S/C8H15F3O2/c1-6(13-2)7(12)4-3-5-8(9,10)11/h6-7,12H,3-5H2,1-2H3. The normalized spacial score (nSPS) is 17.1. The molecule has 2 unspecified atom stereocenters. The van der Waals surface area contributed by atoms with Gasteiger partial charge in [0.2, 0.25) is 0 Å². The molecular weight excluding hydrogens is 185 g/mol. The molecule has 0 spiro atoms. The van der Waals surface area contributed by atoms with Gasteiger partial charge in [-0.2, -0.15) is 13.2 Å². The number of alkyl halides is 3. The van der Waals surface area contributed by atoms with Crippen molar-refractivity contribution in [3.8, 4) is 0 Å². The summed E-state index contributed by atoms with van der Waals surface area (Å²) in [5.74, 6) is 0. The summed E-state index contributed by atoms with van der Waals surface area (Å²) in [5.41, 5.74) is 0. The average Bonchev–Trinajstić information content (AvgIpc) is 2.00. The van der Waals surface area contributed by atoms with E-state index in [1.807, 2.05) is 0 Å². The molecule has 0 saturated carbocycles. The molecule has 2 nitrogen and oxygen atoms in total. The van der Waals surface area contributed by atoms with Gasteiger partial charge in [-0.1, -0.05) is 0 Å². The fourth-order valence-corrected chi connectivity index (χ4v) is 0.903. The van der Waals surface area contributed by atoms with E-state index in [2.05, 4.69) is 0 Å². The average molecular weight is 200 g/mol. The first-order valence-corrected chi connectivity index (χ1v) is 4.14. The Morgan fingerprint density at radius 3 is 2.31 bits per heavy atom. The smallest absolute Gasteiger partial charge is 0.389 e. The molecular formula is C8H15F3O2. The number of methoxy groups -OCH3 is 1. The third kappa shape index (κ3) is 6.83. The second-order valence-corrected chi connectivity index (χ2v) is 3.02. The quantitative estimate of drug-likeness (QED) is 0.736. The molecule has 80 valence electrons. The molecule has 0 radical (unpaired) electrons. The van der Waals surface area contributed by atoms with Crippen molar-refractivity contribution in [2.75, 3.05) is 7.11 Å². The maximum Gasteiger partial charge on any atom is 0.389 e. The van der Waals surface area contributed by atoms with Crippen molar-refractivity contribution in [2.45, 2.75) is 44.6 Å². The fraction of sp³-hybridized carbons (Fsp3) is 1.00. The highest BCUT2D eigenvalue weighted by Crippen LogP contribution is 2.23. The van der Waals surface area contributed by atoms with E-state index in [9.17, 15) is 18.3 Å². The second-order valence-electron chi connectivity index (χ2n) is 3.02. The van der Waals surface area contributed by atoms with E-state index in [4.69, 9.17) is 4.74 Å². The van der Waals surface area contributed by atoms with Crippen LogP contribution in [0, 0.1) is 0 Å². The van der Waals surface area contributed by atoms with Gasteiger partial charge in [0.25, 0.3) is 0 Å². The molecule has 0 saturated heterocycles. The number of aliphatic hydroxyl groups is 1. The van der Waals surface area contributed by atoms with Gasteiger partial charge >= 0.3 is 6.18 Å². The van der Waals surface area contributed by atoms with E-state index in [-0.39, 0.29) is 12.8 Å². The Morgan fingerprint density at radius 1 is 1.38 bits per heavy atom. The lowest BCUT2D eigenvalue weighted by atomic mass is 10.1. The van der Waals surface area contributed by atoms with E-state index in [0.717, 1.165) is 0 Å². The number of hydrogen-bond acceptors (Lipinski definition) is 2. The van der Waals surface area contributed by atoms with Gasteiger partial charge in [0.05, 0.1) is 12.2 Å². The number of rotatable bonds is 5. The highest BCUT2D eigenvalue weighted by molar-refractivity contribution is 4.64. The van der Waals surface area contributed by atoms with Crippen LogP contribution >= 0.6 is 0 Å². The third-order valence-electron chi connectivity index (χ3n) is 1.87. The Balaban J connectivity index is 3.53. The van der Waals surface area contributed by atoms with Crippen LogP contribution in [-0.2, 0) is 4.74 Å². The molecule has 0 rings (SSSR count). The Kier molecular flexibility index (Phi) is 5.32. The van der Waals surface area contributed by atoms with E-state index in [0.29, 0.717) is 0 Å². The molecule has 1 N–H and O–H groups in total. The highest BCUT2D eigenvalue weighted by Gasteiger charge is 2.27. The summed E-state index contributed by atoms with van der Waals surface area (Å²) in [4.78, 5) is 0. The topological polar surface area (TPSA) is 29.5 Å². The molecule has 2 atom stereocenters. The lowest BCUT2D eigenvalue weighted by molar-refractivity contribution is -0.137. The summed E-state index contributed by atoms with van der Waals surface area (Å²) in [7, 11) is 1.41. The van der Waals surface area contributed by atoms with Crippen LogP contribution in [-0.4, -0.2) is 30.6 Å². The highest BCUT2D eigenvalue weighted by atomic mass is 19.4. The van der Waals surface area contributed by atoms with Gasteiger partial charge < -0.3 is 9.84 Å². The molecule has 0 heterocycles. The van der Waals surface area contributed by atoms with E-state index in [1.165, 1.54) is 7.11 Å². The van der Waals surface area contributed by atoms with Crippen molar-refractivity contribution in [3.05, 3.63) is 0 Å². The SMILES string of the molecule is COC(C)C(O)CCCC(F)(F)F. The van der Waals surface area contributed by atoms with Crippen LogP contribution in [0.1, 0.15) is 26.2 Å². The Hall–Kier alpha value is -0.290. The summed E-state index contributed by atoms with van der Waals surface area (Å²) < 4.78 is 39.8. The fourth-order valence-electron chi connectivity index (χ4n) is 0.903. The largest absolute Gasteiger partial charge is 0.390 e. The molecule has 5 heteroatoms. The first-order chi connectivity index (χ1) is 5.87. The zero-order chi connectivity index (χ0) is 10.5. The van der Waals surface area contributed by atoms with E-state index < -0.39 is 24.8 Å². The van der Waals surface area contributed by atoms with Crippen LogP contribution in [0.15, 0.2) is 0 Å². The number of hydrogen-bond donors (Lipinski definition) is 1. The summed E-state index contributed by atoms with van der Waals surface area (Å²) in [5, 5.41) is 9.22. The van der Waals surface area contributed by atoms with Crippen molar-refractivity contribution in [1.82, 2.24) is 0 Å².